The van der Waals surface area contributed by atoms with E-state index in [0.717, 1.165) is 0 Å². The lowest BCUT2D eigenvalue weighted by atomic mass is 10.2. The summed E-state index contributed by atoms with van der Waals surface area (Å²) < 4.78 is 0. The van der Waals surface area contributed by atoms with Crippen LogP contribution >= 0.6 is 0 Å². The Morgan fingerprint density at radius 2 is 2.17 bits per heavy atom. The largest absolute Gasteiger partial charge is 0.384 e. The Kier molecular flexibility index (Phi) is 3.05. The highest BCUT2D eigenvalue weighted by atomic mass is 16.2. The van der Waals surface area contributed by atoms with E-state index in [1.165, 1.54) is 18.2 Å². The maximum atomic E-state index is 11.9. The van der Waals surface area contributed by atoms with Crippen molar-refractivity contribution in [1.82, 2.24) is 15.2 Å². The van der Waals surface area contributed by atoms with Gasteiger partial charge < -0.3 is 11.1 Å². The van der Waals surface area contributed by atoms with E-state index in [1.54, 1.807) is 13.0 Å². The van der Waals surface area contributed by atoms with Crippen molar-refractivity contribution in [2.75, 3.05) is 11.1 Å². The summed E-state index contributed by atoms with van der Waals surface area (Å²) in [6, 6.07) is 5.76. The first-order valence-electron chi connectivity index (χ1n) is 5.16. The summed E-state index contributed by atoms with van der Waals surface area (Å²) in [5.41, 5.74) is 6.25. The molecule has 0 spiro atoms. The van der Waals surface area contributed by atoms with Crippen LogP contribution in [0.5, 0.6) is 0 Å². The fraction of sp³-hybridized carbons (Fsp3) is 0.0909. The normalized spacial score (nSPS) is 10.1. The van der Waals surface area contributed by atoms with E-state index in [9.17, 15) is 9.59 Å². The molecule has 0 aliphatic heterocycles. The molecule has 2 heterocycles. The fourth-order valence-corrected chi connectivity index (χ4v) is 1.43. The standard InChI is InChI=1S/C11H11N5O2/c1-6-4-7(5-8(12)13-6)11(18)14-9-2-3-10(17)16-15-9/h2-5H,1H3,(H2,12,13)(H,16,17)(H,14,15,18). The van der Waals surface area contributed by atoms with Crippen molar-refractivity contribution in [3.05, 3.63) is 45.9 Å². The Labute approximate surface area is 102 Å². The van der Waals surface area contributed by atoms with Crippen LogP contribution in [0.3, 0.4) is 0 Å². The molecule has 0 aromatic carbocycles. The summed E-state index contributed by atoms with van der Waals surface area (Å²) in [5.74, 6) is 0.161. The smallest absolute Gasteiger partial charge is 0.264 e. The third-order valence-electron chi connectivity index (χ3n) is 2.16. The molecule has 0 saturated heterocycles. The van der Waals surface area contributed by atoms with Crippen molar-refractivity contribution in [3.8, 4) is 0 Å². The zero-order valence-electron chi connectivity index (χ0n) is 9.60. The number of H-pyrrole nitrogens is 1. The molecule has 0 atom stereocenters. The van der Waals surface area contributed by atoms with E-state index in [1.807, 2.05) is 0 Å². The second kappa shape index (κ2) is 4.66. The summed E-state index contributed by atoms with van der Waals surface area (Å²) >= 11 is 0. The average Bonchev–Trinajstić information content (AvgIpc) is 2.31. The molecule has 0 radical (unpaired) electrons. The van der Waals surface area contributed by atoms with Gasteiger partial charge in [-0.1, -0.05) is 0 Å². The van der Waals surface area contributed by atoms with Gasteiger partial charge in [-0.05, 0) is 25.1 Å². The van der Waals surface area contributed by atoms with Crippen LogP contribution in [-0.4, -0.2) is 21.1 Å². The molecule has 7 heteroatoms. The lowest BCUT2D eigenvalue weighted by Gasteiger charge is -2.05. The van der Waals surface area contributed by atoms with Gasteiger partial charge in [0, 0.05) is 17.3 Å². The number of carbonyl (C=O) groups excluding carboxylic acids is 1. The number of hydrogen-bond donors (Lipinski definition) is 3. The van der Waals surface area contributed by atoms with Gasteiger partial charge >= 0.3 is 0 Å². The first-order valence-corrected chi connectivity index (χ1v) is 5.16. The van der Waals surface area contributed by atoms with E-state index < -0.39 is 0 Å². The Bertz CT molecular complexity index is 609. The maximum absolute atomic E-state index is 11.9. The Hall–Kier alpha value is -2.70. The molecule has 18 heavy (non-hydrogen) atoms. The van der Waals surface area contributed by atoms with Gasteiger partial charge in [0.1, 0.15) is 5.82 Å². The lowest BCUT2D eigenvalue weighted by Crippen LogP contribution is -2.16. The minimum atomic E-state index is -0.369. The minimum absolute atomic E-state index is 0.257. The van der Waals surface area contributed by atoms with Crippen LogP contribution in [0, 0.1) is 6.92 Å². The number of rotatable bonds is 2. The number of pyridine rings is 1. The van der Waals surface area contributed by atoms with Gasteiger partial charge in [0.05, 0.1) is 0 Å². The fourth-order valence-electron chi connectivity index (χ4n) is 1.43. The number of aromatic amines is 1. The number of nitrogen functional groups attached to an aromatic ring is 1. The van der Waals surface area contributed by atoms with Crippen molar-refractivity contribution in [3.63, 3.8) is 0 Å². The zero-order chi connectivity index (χ0) is 13.1. The van der Waals surface area contributed by atoms with Crippen molar-refractivity contribution in [2.45, 2.75) is 6.92 Å². The first kappa shape index (κ1) is 11.8. The highest BCUT2D eigenvalue weighted by Crippen LogP contribution is 2.09. The first-order chi connectivity index (χ1) is 8.54. The van der Waals surface area contributed by atoms with Crippen LogP contribution in [-0.2, 0) is 0 Å². The number of nitrogens with two attached hydrogens (primary N) is 1. The summed E-state index contributed by atoms with van der Waals surface area (Å²) in [6.07, 6.45) is 0. The topological polar surface area (TPSA) is 114 Å². The lowest BCUT2D eigenvalue weighted by molar-refractivity contribution is 0.102. The van der Waals surface area contributed by atoms with Gasteiger partial charge in [-0.2, -0.15) is 5.10 Å². The predicted molar refractivity (Wildman–Crippen MR) is 66.2 cm³/mol. The van der Waals surface area contributed by atoms with Crippen LogP contribution in [0.25, 0.3) is 0 Å². The molecule has 2 aromatic rings. The average molecular weight is 245 g/mol. The highest BCUT2D eigenvalue weighted by molar-refractivity contribution is 6.04. The van der Waals surface area contributed by atoms with Gasteiger partial charge in [-0.15, -0.1) is 0 Å². The van der Waals surface area contributed by atoms with Gasteiger partial charge in [0.25, 0.3) is 11.5 Å². The van der Waals surface area contributed by atoms with Crippen LogP contribution in [0.1, 0.15) is 16.1 Å². The van der Waals surface area contributed by atoms with Gasteiger partial charge in [-0.3, -0.25) is 9.59 Å². The molecule has 0 aliphatic carbocycles. The molecule has 2 rings (SSSR count). The zero-order valence-corrected chi connectivity index (χ0v) is 9.60. The Morgan fingerprint density at radius 3 is 2.78 bits per heavy atom. The van der Waals surface area contributed by atoms with Crippen LogP contribution in [0.15, 0.2) is 29.1 Å². The maximum Gasteiger partial charge on any atom is 0.264 e. The van der Waals surface area contributed by atoms with E-state index in [2.05, 4.69) is 20.5 Å². The van der Waals surface area contributed by atoms with Crippen LogP contribution < -0.4 is 16.6 Å². The number of hydrogen-bond acceptors (Lipinski definition) is 5. The van der Waals surface area contributed by atoms with Crippen LogP contribution in [0.2, 0.25) is 0 Å². The van der Waals surface area contributed by atoms with Crippen molar-refractivity contribution >= 4 is 17.5 Å². The number of carbonyl (C=O) groups is 1. The van der Waals surface area contributed by atoms with E-state index in [0.29, 0.717) is 11.3 Å². The van der Waals surface area contributed by atoms with Crippen LogP contribution in [0.4, 0.5) is 11.6 Å². The molecule has 2 aromatic heterocycles. The molecule has 7 nitrogen and oxygen atoms in total. The van der Waals surface area contributed by atoms with Gasteiger partial charge in [0.2, 0.25) is 0 Å². The summed E-state index contributed by atoms with van der Waals surface area (Å²) in [4.78, 5) is 26.7. The molecule has 1 amide bonds. The quantitative estimate of drug-likeness (QED) is 0.704. The Morgan fingerprint density at radius 1 is 1.39 bits per heavy atom. The third-order valence-corrected chi connectivity index (χ3v) is 2.16. The number of amides is 1. The number of anilines is 2. The number of nitrogens with one attached hydrogen (secondary N) is 2. The monoisotopic (exact) mass is 245 g/mol. The molecule has 0 fully saturated rings. The predicted octanol–water partition coefficient (Wildman–Crippen LogP) is 0.308. The van der Waals surface area contributed by atoms with Crippen molar-refractivity contribution < 1.29 is 4.79 Å². The van der Waals surface area contributed by atoms with Gasteiger partial charge in [0.15, 0.2) is 5.82 Å². The number of aryl methyl sites for hydroxylation is 1. The number of nitrogens with zero attached hydrogens (tertiary/aromatic N) is 2. The van der Waals surface area contributed by atoms with Crippen molar-refractivity contribution in [1.29, 1.82) is 0 Å². The molecule has 4 N–H and O–H groups in total. The molecule has 0 bridgehead atoms. The van der Waals surface area contributed by atoms with Crippen molar-refractivity contribution in [2.24, 2.45) is 0 Å². The summed E-state index contributed by atoms with van der Waals surface area (Å²) in [7, 11) is 0. The minimum Gasteiger partial charge on any atom is -0.384 e. The molecule has 0 unspecified atom stereocenters. The molecule has 0 saturated carbocycles. The number of aromatic nitrogens is 3. The Balaban J connectivity index is 2.21. The molecule has 0 aliphatic rings. The molecular weight excluding hydrogens is 234 g/mol. The molecular formula is C11H11N5O2. The van der Waals surface area contributed by atoms with E-state index in [-0.39, 0.29) is 23.1 Å². The van der Waals surface area contributed by atoms with E-state index >= 15 is 0 Å². The summed E-state index contributed by atoms with van der Waals surface area (Å²) in [5, 5.41) is 8.43. The second-order valence-electron chi connectivity index (χ2n) is 3.68. The highest BCUT2D eigenvalue weighted by Gasteiger charge is 2.08. The summed E-state index contributed by atoms with van der Waals surface area (Å²) in [6.45, 7) is 1.74. The second-order valence-corrected chi connectivity index (χ2v) is 3.68. The SMILES string of the molecule is Cc1cc(C(=O)Nc2ccc(=O)[nH]n2)cc(N)n1. The van der Waals surface area contributed by atoms with Gasteiger partial charge in [-0.25, -0.2) is 10.1 Å². The van der Waals surface area contributed by atoms with E-state index in [4.69, 9.17) is 5.73 Å². The third kappa shape index (κ3) is 2.70. The molecule has 92 valence electrons.